The largest absolute Gasteiger partial charge is 0.496 e. The van der Waals surface area contributed by atoms with Crippen LogP contribution in [0.25, 0.3) is 0 Å². The van der Waals surface area contributed by atoms with Crippen LogP contribution in [0, 0.1) is 0 Å². The number of benzene rings is 2. The van der Waals surface area contributed by atoms with Crippen molar-refractivity contribution in [1.29, 1.82) is 0 Å². The lowest BCUT2D eigenvalue weighted by Gasteiger charge is -2.18. The molecule has 0 unspecified atom stereocenters. The normalized spacial score (nSPS) is 14.6. The van der Waals surface area contributed by atoms with Gasteiger partial charge in [-0.15, -0.1) is 0 Å². The summed E-state index contributed by atoms with van der Waals surface area (Å²) in [6.07, 6.45) is -0.961. The molecule has 25 heavy (non-hydrogen) atoms. The van der Waals surface area contributed by atoms with Crippen molar-refractivity contribution in [3.05, 3.63) is 65.2 Å². The highest BCUT2D eigenvalue weighted by Gasteiger charge is 2.36. The molecule has 0 aromatic heterocycles. The Labute approximate surface area is 145 Å². The van der Waals surface area contributed by atoms with E-state index in [1.54, 1.807) is 31.4 Å². The smallest absolute Gasteiger partial charge is 0.261 e. The minimum atomic E-state index is -0.961. The molecule has 6 heteroatoms. The van der Waals surface area contributed by atoms with Gasteiger partial charge in [-0.05, 0) is 18.2 Å². The number of carbonyl (C=O) groups is 2. The first-order valence-corrected chi connectivity index (χ1v) is 7.94. The molecule has 6 nitrogen and oxygen atoms in total. The molecule has 1 heterocycles. The molecule has 0 bridgehead atoms. The van der Waals surface area contributed by atoms with Gasteiger partial charge in [-0.1, -0.05) is 30.3 Å². The summed E-state index contributed by atoms with van der Waals surface area (Å²) in [7, 11) is 1.58. The van der Waals surface area contributed by atoms with Crippen LogP contribution in [-0.2, 0) is 11.3 Å². The fourth-order valence-electron chi connectivity index (χ4n) is 2.80. The molecule has 130 valence electrons. The number of ether oxygens (including phenoxy) is 2. The van der Waals surface area contributed by atoms with Crippen molar-refractivity contribution in [3.8, 4) is 5.75 Å². The van der Waals surface area contributed by atoms with Gasteiger partial charge in [-0.2, -0.15) is 0 Å². The lowest BCUT2D eigenvalue weighted by molar-refractivity contribution is 0.0115. The number of β-amino-alcohol motifs (C(OH)–C–C–N with tert-alkyl or cyclic N) is 1. The Morgan fingerprint density at radius 2 is 1.60 bits per heavy atom. The number of aliphatic hydroxyl groups excluding tert-OH is 1. The molecule has 1 N–H and O–H groups in total. The van der Waals surface area contributed by atoms with E-state index in [1.165, 1.54) is 0 Å². The van der Waals surface area contributed by atoms with Crippen LogP contribution in [0.5, 0.6) is 5.75 Å². The number of hydrogen-bond acceptors (Lipinski definition) is 5. The predicted molar refractivity (Wildman–Crippen MR) is 90.5 cm³/mol. The number of imide groups is 1. The van der Waals surface area contributed by atoms with E-state index in [0.717, 1.165) is 10.5 Å². The second-order valence-electron chi connectivity index (χ2n) is 5.75. The van der Waals surface area contributed by atoms with Crippen LogP contribution in [0.1, 0.15) is 26.3 Å². The van der Waals surface area contributed by atoms with Crippen LogP contribution in [0.2, 0.25) is 0 Å². The summed E-state index contributed by atoms with van der Waals surface area (Å²) in [5.41, 5.74) is 1.60. The molecule has 2 aromatic rings. The van der Waals surface area contributed by atoms with Crippen LogP contribution in [-0.4, -0.2) is 48.2 Å². The molecule has 1 atom stereocenters. The Bertz CT molecular complexity index is 754. The summed E-state index contributed by atoms with van der Waals surface area (Å²) >= 11 is 0. The van der Waals surface area contributed by atoms with Gasteiger partial charge in [-0.25, -0.2) is 0 Å². The van der Waals surface area contributed by atoms with Gasteiger partial charge in [0, 0.05) is 5.56 Å². The van der Waals surface area contributed by atoms with E-state index < -0.39 is 6.10 Å². The van der Waals surface area contributed by atoms with Crippen LogP contribution in [0.4, 0.5) is 0 Å². The lowest BCUT2D eigenvalue weighted by atomic mass is 10.1. The zero-order valence-electron chi connectivity index (χ0n) is 13.8. The number of methoxy groups -OCH3 is 1. The first-order valence-electron chi connectivity index (χ1n) is 7.94. The number of carbonyl (C=O) groups excluding carboxylic acids is 2. The van der Waals surface area contributed by atoms with Crippen molar-refractivity contribution >= 4 is 11.8 Å². The van der Waals surface area contributed by atoms with E-state index in [9.17, 15) is 14.7 Å². The highest BCUT2D eigenvalue weighted by atomic mass is 16.5. The molecule has 1 aliphatic rings. The van der Waals surface area contributed by atoms with Gasteiger partial charge < -0.3 is 14.6 Å². The summed E-state index contributed by atoms with van der Waals surface area (Å²) in [5.74, 6) is -0.0638. The number of aliphatic hydroxyl groups is 1. The van der Waals surface area contributed by atoms with E-state index in [4.69, 9.17) is 9.47 Å². The van der Waals surface area contributed by atoms with Gasteiger partial charge in [0.05, 0.1) is 44.1 Å². The maximum atomic E-state index is 12.3. The molecular formula is C19H19NO5. The Hall–Kier alpha value is -2.70. The number of rotatable bonds is 7. The van der Waals surface area contributed by atoms with E-state index in [2.05, 4.69) is 0 Å². The van der Waals surface area contributed by atoms with E-state index >= 15 is 0 Å². The molecule has 2 aromatic carbocycles. The molecule has 0 saturated heterocycles. The summed E-state index contributed by atoms with van der Waals surface area (Å²) in [6, 6.07) is 14.1. The summed E-state index contributed by atoms with van der Waals surface area (Å²) in [4.78, 5) is 25.6. The van der Waals surface area contributed by atoms with Crippen LogP contribution in [0.15, 0.2) is 48.5 Å². The molecule has 0 saturated carbocycles. The second-order valence-corrected chi connectivity index (χ2v) is 5.75. The third kappa shape index (κ3) is 3.55. The Kier molecular flexibility index (Phi) is 5.11. The maximum Gasteiger partial charge on any atom is 0.261 e. The molecule has 0 radical (unpaired) electrons. The molecule has 0 spiro atoms. The first-order chi connectivity index (χ1) is 12.1. The molecular weight excluding hydrogens is 322 g/mol. The highest BCUT2D eigenvalue weighted by Crippen LogP contribution is 2.22. The maximum absolute atomic E-state index is 12.3. The minimum absolute atomic E-state index is 0.00541. The zero-order valence-corrected chi connectivity index (χ0v) is 13.8. The van der Waals surface area contributed by atoms with Crippen LogP contribution < -0.4 is 4.74 Å². The van der Waals surface area contributed by atoms with Crippen LogP contribution >= 0.6 is 0 Å². The number of amides is 2. The van der Waals surface area contributed by atoms with Gasteiger partial charge in [0.1, 0.15) is 5.75 Å². The van der Waals surface area contributed by atoms with Gasteiger partial charge in [0.2, 0.25) is 0 Å². The summed E-state index contributed by atoms with van der Waals surface area (Å²) in [5, 5.41) is 10.1. The summed E-state index contributed by atoms with van der Waals surface area (Å²) < 4.78 is 10.7. The molecule has 0 aliphatic carbocycles. The predicted octanol–water partition coefficient (Wildman–Crippen LogP) is 1.87. The van der Waals surface area contributed by atoms with Gasteiger partial charge >= 0.3 is 0 Å². The Morgan fingerprint density at radius 3 is 2.24 bits per heavy atom. The monoisotopic (exact) mass is 341 g/mol. The fraction of sp³-hybridized carbons (Fsp3) is 0.263. The van der Waals surface area contributed by atoms with Gasteiger partial charge in [0.15, 0.2) is 0 Å². The van der Waals surface area contributed by atoms with Crippen molar-refractivity contribution in [2.45, 2.75) is 12.7 Å². The molecule has 2 amide bonds. The van der Waals surface area contributed by atoms with E-state index in [1.807, 2.05) is 24.3 Å². The minimum Gasteiger partial charge on any atom is -0.496 e. The number of fused-ring (bicyclic) bond motifs is 1. The third-order valence-corrected chi connectivity index (χ3v) is 4.03. The first kappa shape index (κ1) is 17.1. The van der Waals surface area contributed by atoms with E-state index in [0.29, 0.717) is 16.9 Å². The third-order valence-electron chi connectivity index (χ3n) is 4.03. The Morgan fingerprint density at radius 1 is 1.00 bits per heavy atom. The number of nitrogens with zero attached hydrogens (tertiary/aromatic N) is 1. The van der Waals surface area contributed by atoms with Crippen molar-refractivity contribution in [1.82, 2.24) is 4.90 Å². The lowest BCUT2D eigenvalue weighted by Crippen LogP contribution is -2.38. The molecule has 3 rings (SSSR count). The van der Waals surface area contributed by atoms with Crippen LogP contribution in [0.3, 0.4) is 0 Å². The van der Waals surface area contributed by atoms with Crippen molar-refractivity contribution in [2.24, 2.45) is 0 Å². The Balaban J connectivity index is 1.54. The number of hydrogen-bond donors (Lipinski definition) is 1. The second kappa shape index (κ2) is 7.46. The standard InChI is InChI=1S/C19H19NO5/c1-24-17-9-5-2-6-13(17)11-25-12-14(21)10-20-18(22)15-7-3-4-8-16(15)19(20)23/h2-9,14,21H,10-12H2,1H3/t14-/m1/s1. The average molecular weight is 341 g/mol. The number of para-hydroxylation sites is 1. The van der Waals surface area contributed by atoms with Crippen molar-refractivity contribution in [2.75, 3.05) is 20.3 Å². The topological polar surface area (TPSA) is 76.1 Å². The molecule has 0 fully saturated rings. The van der Waals surface area contributed by atoms with Crippen molar-refractivity contribution in [3.63, 3.8) is 0 Å². The summed E-state index contributed by atoms with van der Waals surface area (Å²) in [6.45, 7) is 0.174. The highest BCUT2D eigenvalue weighted by molar-refractivity contribution is 6.21. The fourth-order valence-corrected chi connectivity index (χ4v) is 2.80. The van der Waals surface area contributed by atoms with Gasteiger partial charge in [0.25, 0.3) is 11.8 Å². The average Bonchev–Trinajstić information content (AvgIpc) is 2.87. The SMILES string of the molecule is COc1ccccc1COC[C@H](O)CN1C(=O)c2ccccc2C1=O. The van der Waals surface area contributed by atoms with Crippen molar-refractivity contribution < 1.29 is 24.2 Å². The molecule has 1 aliphatic heterocycles. The van der Waals surface area contributed by atoms with E-state index in [-0.39, 0.29) is 31.6 Å². The quantitative estimate of drug-likeness (QED) is 0.778. The van der Waals surface area contributed by atoms with Gasteiger partial charge in [-0.3, -0.25) is 14.5 Å². The zero-order chi connectivity index (χ0) is 17.8.